The molecule has 7 heteroatoms. The molecule has 1 aliphatic carbocycles. The van der Waals surface area contributed by atoms with Crippen molar-refractivity contribution in [1.29, 1.82) is 0 Å². The molecule has 0 radical (unpaired) electrons. The minimum Gasteiger partial charge on any atom is -0.490 e. The summed E-state index contributed by atoms with van der Waals surface area (Å²) >= 11 is 0. The van der Waals surface area contributed by atoms with E-state index >= 15 is 0 Å². The van der Waals surface area contributed by atoms with Crippen molar-refractivity contribution in [3.05, 3.63) is 52.1 Å². The smallest absolute Gasteiger partial charge is 0.276 e. The molecule has 2 heterocycles. The van der Waals surface area contributed by atoms with E-state index in [0.29, 0.717) is 40.6 Å². The topological polar surface area (TPSA) is 83.7 Å². The van der Waals surface area contributed by atoms with Crippen LogP contribution in [0.2, 0.25) is 0 Å². The molecule has 2 aromatic heterocycles. The molecular weight excluding hydrogens is 347 g/mol. The Balaban J connectivity index is 1.56. The molecule has 0 bridgehead atoms. The van der Waals surface area contributed by atoms with E-state index in [1.165, 1.54) is 38.1 Å². The maximum Gasteiger partial charge on any atom is 0.276 e. The molecule has 1 saturated carbocycles. The largest absolute Gasteiger partial charge is 0.490 e. The van der Waals surface area contributed by atoms with Crippen LogP contribution in [0.15, 0.2) is 29.3 Å². The van der Waals surface area contributed by atoms with Gasteiger partial charge in [0, 0.05) is 6.42 Å². The fraction of sp³-hybridized carbons (Fsp3) is 0.450. The van der Waals surface area contributed by atoms with E-state index < -0.39 is 0 Å². The zero-order valence-corrected chi connectivity index (χ0v) is 15.3. The van der Waals surface area contributed by atoms with Gasteiger partial charge in [-0.1, -0.05) is 25.7 Å². The normalized spacial score (nSPS) is 16.1. The van der Waals surface area contributed by atoms with Gasteiger partial charge >= 0.3 is 0 Å². The molecule has 0 amide bonds. The minimum absolute atomic E-state index is 0.0994. The number of ether oxygens (including phenoxy) is 1. The molecule has 2 N–H and O–H groups in total. The van der Waals surface area contributed by atoms with Gasteiger partial charge < -0.3 is 14.7 Å². The fourth-order valence-electron chi connectivity index (χ4n) is 3.87. The van der Waals surface area contributed by atoms with Crippen LogP contribution in [0, 0.1) is 18.7 Å². The van der Waals surface area contributed by atoms with Crippen molar-refractivity contribution in [2.45, 2.75) is 51.6 Å². The molecule has 142 valence electrons. The monoisotopic (exact) mass is 370 g/mol. The van der Waals surface area contributed by atoms with Crippen LogP contribution < -0.4 is 10.3 Å². The van der Waals surface area contributed by atoms with E-state index in [-0.39, 0.29) is 17.5 Å². The molecule has 1 unspecified atom stereocenters. The van der Waals surface area contributed by atoms with Crippen molar-refractivity contribution in [3.8, 4) is 5.75 Å². The van der Waals surface area contributed by atoms with Crippen LogP contribution in [-0.2, 0) is 6.42 Å². The molecule has 1 fully saturated rings. The number of hydrogen-bond donors (Lipinski definition) is 2. The zero-order chi connectivity index (χ0) is 18.8. The second kappa shape index (κ2) is 7.50. The van der Waals surface area contributed by atoms with Gasteiger partial charge in [-0.25, -0.2) is 14.4 Å². The van der Waals surface area contributed by atoms with Crippen LogP contribution >= 0.6 is 0 Å². The lowest BCUT2D eigenvalue weighted by atomic mass is 9.98. The summed E-state index contributed by atoms with van der Waals surface area (Å²) in [6, 6.07) is 4.82. The van der Waals surface area contributed by atoms with Crippen molar-refractivity contribution < 1.29 is 9.13 Å². The number of nitrogens with zero attached hydrogens (tertiary/aromatic N) is 2. The van der Waals surface area contributed by atoms with Gasteiger partial charge in [-0.05, 0) is 43.0 Å². The Morgan fingerprint density at radius 2 is 2.15 bits per heavy atom. The molecule has 1 aromatic carbocycles. The second-order valence-electron chi connectivity index (χ2n) is 7.35. The van der Waals surface area contributed by atoms with Crippen LogP contribution in [-0.4, -0.2) is 26.0 Å². The van der Waals surface area contributed by atoms with Gasteiger partial charge in [0.05, 0.1) is 6.33 Å². The van der Waals surface area contributed by atoms with E-state index in [4.69, 9.17) is 4.74 Å². The van der Waals surface area contributed by atoms with Gasteiger partial charge in [-0.3, -0.25) is 4.79 Å². The average Bonchev–Trinajstić information content (AvgIpc) is 3.28. The van der Waals surface area contributed by atoms with Gasteiger partial charge in [0.15, 0.2) is 11.2 Å². The van der Waals surface area contributed by atoms with Crippen LogP contribution in [0.5, 0.6) is 5.75 Å². The van der Waals surface area contributed by atoms with Crippen LogP contribution in [0.4, 0.5) is 4.39 Å². The van der Waals surface area contributed by atoms with Crippen LogP contribution in [0.1, 0.15) is 43.5 Å². The molecule has 4 rings (SSSR count). The SMILES string of the molecule is Cc1cc(OC(Cc2nc3nc[nH]c(=O)c3[nH]2)CC2CCCC2)ccc1F. The Morgan fingerprint density at radius 3 is 2.89 bits per heavy atom. The first-order valence-electron chi connectivity index (χ1n) is 9.43. The summed E-state index contributed by atoms with van der Waals surface area (Å²) in [5.74, 6) is 1.72. The highest BCUT2D eigenvalue weighted by Crippen LogP contribution is 2.31. The van der Waals surface area contributed by atoms with Crippen molar-refractivity contribution >= 4 is 11.2 Å². The lowest BCUT2D eigenvalue weighted by Gasteiger charge is -2.22. The number of halogens is 1. The van der Waals surface area contributed by atoms with Crippen LogP contribution in [0.25, 0.3) is 11.2 Å². The number of hydrogen-bond acceptors (Lipinski definition) is 4. The molecule has 1 atom stereocenters. The van der Waals surface area contributed by atoms with Crippen molar-refractivity contribution in [3.63, 3.8) is 0 Å². The summed E-state index contributed by atoms with van der Waals surface area (Å²) in [7, 11) is 0. The summed E-state index contributed by atoms with van der Waals surface area (Å²) < 4.78 is 19.8. The quantitative estimate of drug-likeness (QED) is 0.693. The fourth-order valence-corrected chi connectivity index (χ4v) is 3.87. The number of aromatic nitrogens is 4. The molecule has 27 heavy (non-hydrogen) atoms. The Kier molecular flexibility index (Phi) is 4.92. The van der Waals surface area contributed by atoms with E-state index in [0.717, 1.165) is 6.42 Å². The lowest BCUT2D eigenvalue weighted by Crippen LogP contribution is -2.23. The van der Waals surface area contributed by atoms with Gasteiger partial charge in [0.1, 0.15) is 23.5 Å². The number of rotatable bonds is 6. The molecule has 1 aliphatic rings. The summed E-state index contributed by atoms with van der Waals surface area (Å²) in [4.78, 5) is 26.0. The zero-order valence-electron chi connectivity index (χ0n) is 15.3. The number of H-pyrrole nitrogens is 2. The van der Waals surface area contributed by atoms with E-state index in [2.05, 4.69) is 19.9 Å². The highest BCUT2D eigenvalue weighted by atomic mass is 19.1. The lowest BCUT2D eigenvalue weighted by molar-refractivity contribution is 0.166. The summed E-state index contributed by atoms with van der Waals surface area (Å²) in [5, 5.41) is 0. The number of fused-ring (bicyclic) bond motifs is 1. The molecular formula is C20H23FN4O2. The molecule has 0 aliphatic heterocycles. The van der Waals surface area contributed by atoms with E-state index in [1.54, 1.807) is 19.1 Å². The maximum absolute atomic E-state index is 13.6. The predicted molar refractivity (Wildman–Crippen MR) is 100 cm³/mol. The molecule has 6 nitrogen and oxygen atoms in total. The number of nitrogens with one attached hydrogen (secondary N) is 2. The Labute approximate surface area is 156 Å². The maximum atomic E-state index is 13.6. The average molecular weight is 370 g/mol. The summed E-state index contributed by atoms with van der Waals surface area (Å²) in [6.45, 7) is 1.73. The third-order valence-electron chi connectivity index (χ3n) is 5.27. The third-order valence-corrected chi connectivity index (χ3v) is 5.27. The highest BCUT2D eigenvalue weighted by molar-refractivity contribution is 5.68. The first-order valence-corrected chi connectivity index (χ1v) is 9.43. The minimum atomic E-state index is -0.239. The Hall–Kier alpha value is -2.70. The summed E-state index contributed by atoms with van der Waals surface area (Å²) in [5.41, 5.74) is 1.11. The Morgan fingerprint density at radius 1 is 1.33 bits per heavy atom. The summed E-state index contributed by atoms with van der Waals surface area (Å²) in [6.07, 6.45) is 7.65. The van der Waals surface area contributed by atoms with Gasteiger partial charge in [-0.2, -0.15) is 0 Å². The molecule has 0 saturated heterocycles. The Bertz CT molecular complexity index is 991. The first kappa shape index (κ1) is 17.7. The van der Waals surface area contributed by atoms with Crippen molar-refractivity contribution in [1.82, 2.24) is 19.9 Å². The van der Waals surface area contributed by atoms with Gasteiger partial charge in [-0.15, -0.1) is 0 Å². The first-order chi connectivity index (χ1) is 13.1. The number of aryl methyl sites for hydroxylation is 1. The molecule has 3 aromatic rings. The second-order valence-corrected chi connectivity index (χ2v) is 7.35. The predicted octanol–water partition coefficient (Wildman–Crippen LogP) is 3.66. The highest BCUT2D eigenvalue weighted by Gasteiger charge is 2.23. The molecule has 0 spiro atoms. The third kappa shape index (κ3) is 4.02. The van der Waals surface area contributed by atoms with Gasteiger partial charge in [0.25, 0.3) is 5.56 Å². The van der Waals surface area contributed by atoms with Crippen molar-refractivity contribution in [2.24, 2.45) is 5.92 Å². The van der Waals surface area contributed by atoms with Crippen LogP contribution in [0.3, 0.4) is 0 Å². The van der Waals surface area contributed by atoms with E-state index in [1.807, 2.05) is 0 Å². The number of imidazole rings is 1. The standard InChI is InChI=1S/C20H23FN4O2/c1-12-8-14(6-7-16(12)21)27-15(9-13-4-2-3-5-13)10-17-24-18-19(25-17)22-11-23-20(18)26/h6-8,11,13,15H,2-5,9-10H2,1H3,(H2,22,23,24,25,26). The number of aromatic amines is 2. The van der Waals surface area contributed by atoms with Crippen molar-refractivity contribution in [2.75, 3.05) is 0 Å². The van der Waals surface area contributed by atoms with Gasteiger partial charge in [0.2, 0.25) is 0 Å². The number of benzene rings is 1. The van der Waals surface area contributed by atoms with E-state index in [9.17, 15) is 9.18 Å².